The van der Waals surface area contributed by atoms with Crippen molar-refractivity contribution in [3.63, 3.8) is 0 Å². The van der Waals surface area contributed by atoms with Crippen molar-refractivity contribution in [2.75, 3.05) is 11.5 Å². The number of nitriles is 1. The van der Waals surface area contributed by atoms with Gasteiger partial charge in [-0.2, -0.15) is 23.4 Å². The third-order valence-corrected chi connectivity index (χ3v) is 3.27. The summed E-state index contributed by atoms with van der Waals surface area (Å²) in [5.74, 6) is -2.10. The maximum Gasteiger partial charge on any atom is 0.490 e. The Labute approximate surface area is 136 Å². The largest absolute Gasteiger partial charge is 0.490 e. The van der Waals surface area contributed by atoms with Crippen molar-refractivity contribution >= 4 is 17.5 Å². The summed E-state index contributed by atoms with van der Waals surface area (Å²) in [5, 5.41) is 16.1. The molecule has 0 saturated heterocycles. The van der Waals surface area contributed by atoms with E-state index in [1.807, 2.05) is 6.07 Å². The first-order chi connectivity index (χ1) is 11.1. The highest BCUT2D eigenvalue weighted by molar-refractivity contribution is 5.73. The van der Waals surface area contributed by atoms with Crippen LogP contribution in [0, 0.1) is 11.3 Å². The van der Waals surface area contributed by atoms with Crippen molar-refractivity contribution in [3.8, 4) is 11.9 Å². The van der Waals surface area contributed by atoms with Crippen LogP contribution >= 0.6 is 0 Å². The Morgan fingerprint density at radius 3 is 2.54 bits per heavy atom. The molecule has 1 unspecified atom stereocenters. The molecule has 1 atom stereocenters. The van der Waals surface area contributed by atoms with Crippen LogP contribution in [0.15, 0.2) is 0 Å². The average molecular weight is 346 g/mol. The number of carbonyl (C=O) groups is 1. The number of ether oxygens (including phenoxy) is 1. The molecule has 1 aromatic rings. The molecule has 0 aromatic carbocycles. The number of aliphatic carboxylic acids is 1. The summed E-state index contributed by atoms with van der Waals surface area (Å²) in [6.45, 7) is 2.14. The first kappa shape index (κ1) is 19.3. The number of nitrogens with zero attached hydrogens (tertiary/aromatic N) is 2. The zero-order chi connectivity index (χ0) is 18.5. The summed E-state index contributed by atoms with van der Waals surface area (Å²) in [4.78, 5) is 13.0. The highest BCUT2D eigenvalue weighted by Gasteiger charge is 2.38. The molecule has 5 N–H and O–H groups in total. The van der Waals surface area contributed by atoms with Gasteiger partial charge in [0.05, 0.1) is 5.69 Å². The Hall–Kier alpha value is -2.70. The Morgan fingerprint density at radius 1 is 1.50 bits per heavy atom. The number of carboxylic acids is 1. The van der Waals surface area contributed by atoms with Gasteiger partial charge in [0, 0.05) is 12.0 Å². The van der Waals surface area contributed by atoms with E-state index in [1.165, 1.54) is 0 Å². The van der Waals surface area contributed by atoms with Crippen LogP contribution in [0.5, 0.6) is 5.88 Å². The molecule has 0 spiro atoms. The van der Waals surface area contributed by atoms with Gasteiger partial charge in [0.1, 0.15) is 23.6 Å². The fourth-order valence-electron chi connectivity index (χ4n) is 2.07. The molecular weight excluding hydrogens is 329 g/mol. The molecule has 0 fully saturated rings. The lowest BCUT2D eigenvalue weighted by molar-refractivity contribution is -0.192. The standard InChI is InChI=1S/C12H16N4O.C2HF3O2/c1-2-3-4-7-5-8-10(14)9(6-13)11(15)16-12(8)17-7;3-2(4,5)1(6)7/h7H,2-5H2,1H3,(H4,14,15,16);(H,6,7). The van der Waals surface area contributed by atoms with E-state index in [1.54, 1.807) is 0 Å². The Kier molecular flexibility index (Phi) is 6.22. The van der Waals surface area contributed by atoms with Crippen molar-refractivity contribution < 1.29 is 27.8 Å². The Balaban J connectivity index is 0.000000351. The van der Waals surface area contributed by atoms with Crippen molar-refractivity contribution in [3.05, 3.63) is 11.1 Å². The molecule has 2 rings (SSSR count). The number of halogens is 3. The minimum absolute atomic E-state index is 0.119. The first-order valence-corrected chi connectivity index (χ1v) is 7.06. The third kappa shape index (κ3) is 4.65. The smallest absolute Gasteiger partial charge is 0.475 e. The van der Waals surface area contributed by atoms with E-state index in [4.69, 9.17) is 31.4 Å². The summed E-state index contributed by atoms with van der Waals surface area (Å²) < 4.78 is 37.4. The fraction of sp³-hybridized carbons (Fsp3) is 0.500. The number of hydrogen-bond acceptors (Lipinski definition) is 6. The molecule has 132 valence electrons. The molecule has 1 aliphatic heterocycles. The lowest BCUT2D eigenvalue weighted by Gasteiger charge is -2.08. The number of nitrogens with two attached hydrogens (primary N) is 2. The molecule has 0 bridgehead atoms. The van der Waals surface area contributed by atoms with Gasteiger partial charge >= 0.3 is 12.1 Å². The van der Waals surface area contributed by atoms with Crippen molar-refractivity contribution in [2.45, 2.75) is 44.9 Å². The van der Waals surface area contributed by atoms with Crippen LogP contribution in [0.3, 0.4) is 0 Å². The Bertz CT molecular complexity index is 656. The van der Waals surface area contributed by atoms with E-state index in [0.29, 0.717) is 11.6 Å². The minimum atomic E-state index is -5.08. The number of alkyl halides is 3. The second-order valence-electron chi connectivity index (χ2n) is 5.07. The first-order valence-electron chi connectivity index (χ1n) is 7.06. The van der Waals surface area contributed by atoms with E-state index in [0.717, 1.165) is 31.2 Å². The molecule has 0 saturated carbocycles. The molecule has 2 heterocycles. The summed E-state index contributed by atoms with van der Waals surface area (Å²) in [6, 6.07) is 1.98. The van der Waals surface area contributed by atoms with Gasteiger partial charge in [0.15, 0.2) is 0 Å². The van der Waals surface area contributed by atoms with Gasteiger partial charge in [-0.3, -0.25) is 0 Å². The van der Waals surface area contributed by atoms with Crippen LogP contribution < -0.4 is 16.2 Å². The zero-order valence-corrected chi connectivity index (χ0v) is 12.9. The van der Waals surface area contributed by atoms with Crippen LogP contribution in [0.4, 0.5) is 24.7 Å². The second kappa shape index (κ2) is 7.72. The van der Waals surface area contributed by atoms with E-state index in [9.17, 15) is 13.2 Å². The topological polar surface area (TPSA) is 135 Å². The number of hydrogen-bond donors (Lipinski definition) is 3. The number of nitrogen functional groups attached to an aromatic ring is 2. The number of carboxylic acid groups (broad SMARTS) is 1. The van der Waals surface area contributed by atoms with Crippen LogP contribution in [-0.2, 0) is 11.2 Å². The molecule has 0 amide bonds. The lowest BCUT2D eigenvalue weighted by atomic mass is 10.0. The van der Waals surface area contributed by atoms with E-state index >= 15 is 0 Å². The number of fused-ring (bicyclic) bond motifs is 1. The maximum atomic E-state index is 10.6. The molecule has 0 aliphatic carbocycles. The number of unbranched alkanes of at least 4 members (excludes halogenated alkanes) is 1. The van der Waals surface area contributed by atoms with Gasteiger partial charge in [-0.05, 0) is 6.42 Å². The maximum absolute atomic E-state index is 10.6. The molecule has 1 aromatic heterocycles. The van der Waals surface area contributed by atoms with E-state index in [2.05, 4.69) is 11.9 Å². The highest BCUT2D eigenvalue weighted by Crippen LogP contribution is 2.36. The monoisotopic (exact) mass is 346 g/mol. The summed E-state index contributed by atoms with van der Waals surface area (Å²) in [5.41, 5.74) is 13.1. The van der Waals surface area contributed by atoms with Crippen LogP contribution in [-0.4, -0.2) is 28.3 Å². The zero-order valence-electron chi connectivity index (χ0n) is 12.9. The van der Waals surface area contributed by atoms with Gasteiger partial charge in [-0.25, -0.2) is 4.79 Å². The number of aromatic nitrogens is 1. The van der Waals surface area contributed by atoms with Crippen LogP contribution in [0.1, 0.15) is 37.3 Å². The van der Waals surface area contributed by atoms with Gasteiger partial charge < -0.3 is 21.3 Å². The van der Waals surface area contributed by atoms with Gasteiger partial charge in [-0.1, -0.05) is 19.8 Å². The number of pyridine rings is 1. The molecule has 24 heavy (non-hydrogen) atoms. The number of anilines is 2. The van der Waals surface area contributed by atoms with Crippen LogP contribution in [0.25, 0.3) is 0 Å². The normalized spacial score (nSPS) is 15.5. The van der Waals surface area contributed by atoms with Crippen molar-refractivity contribution in [1.82, 2.24) is 4.98 Å². The van der Waals surface area contributed by atoms with Crippen LogP contribution in [0.2, 0.25) is 0 Å². The van der Waals surface area contributed by atoms with Gasteiger partial charge in [0.2, 0.25) is 5.88 Å². The number of rotatable bonds is 3. The Morgan fingerprint density at radius 2 is 2.08 bits per heavy atom. The van der Waals surface area contributed by atoms with E-state index in [-0.39, 0.29) is 17.5 Å². The second-order valence-corrected chi connectivity index (χ2v) is 5.07. The predicted molar refractivity (Wildman–Crippen MR) is 79.1 cm³/mol. The average Bonchev–Trinajstić information content (AvgIpc) is 2.88. The summed E-state index contributed by atoms with van der Waals surface area (Å²) in [6.07, 6.45) is -1.02. The molecule has 1 aliphatic rings. The predicted octanol–water partition coefficient (Wildman–Crippen LogP) is 2.24. The van der Waals surface area contributed by atoms with Crippen molar-refractivity contribution in [1.29, 1.82) is 5.26 Å². The molecule has 0 radical (unpaired) electrons. The minimum Gasteiger partial charge on any atom is -0.475 e. The van der Waals surface area contributed by atoms with Crippen molar-refractivity contribution in [2.24, 2.45) is 0 Å². The van der Waals surface area contributed by atoms with Gasteiger partial charge in [0.25, 0.3) is 0 Å². The molecule has 7 nitrogen and oxygen atoms in total. The SMILES string of the molecule is CCCCC1Cc2c(nc(N)c(C#N)c2N)O1.O=C(O)C(F)(F)F. The third-order valence-electron chi connectivity index (χ3n) is 3.27. The quantitative estimate of drug-likeness (QED) is 0.763. The van der Waals surface area contributed by atoms with E-state index < -0.39 is 12.1 Å². The summed E-state index contributed by atoms with van der Waals surface area (Å²) in [7, 11) is 0. The van der Waals surface area contributed by atoms with Gasteiger partial charge in [-0.15, -0.1) is 0 Å². The molecule has 10 heteroatoms. The highest BCUT2D eigenvalue weighted by atomic mass is 19.4. The summed E-state index contributed by atoms with van der Waals surface area (Å²) >= 11 is 0. The molecular formula is C14H17F3N4O3. The fourth-order valence-corrected chi connectivity index (χ4v) is 2.07. The lowest BCUT2D eigenvalue weighted by Crippen LogP contribution is -2.21.